The maximum atomic E-state index is 10.5. The average molecular weight is 173 g/mol. The number of rotatable bonds is 8. The van der Waals surface area contributed by atoms with Gasteiger partial charge in [-0.1, -0.05) is 13.3 Å². The second-order valence-corrected chi connectivity index (χ2v) is 2.92. The highest BCUT2D eigenvalue weighted by molar-refractivity contribution is 5.57. The van der Waals surface area contributed by atoms with Crippen LogP contribution in [0.2, 0.25) is 0 Å². The molecule has 0 amide bonds. The molecule has 0 aliphatic heterocycles. The number of aliphatic hydroxyl groups is 1. The van der Waals surface area contributed by atoms with E-state index in [9.17, 15) is 4.79 Å². The summed E-state index contributed by atoms with van der Waals surface area (Å²) in [6.45, 7) is 3.18. The molecule has 3 heteroatoms. The van der Waals surface area contributed by atoms with Crippen LogP contribution in [-0.2, 0) is 4.79 Å². The lowest BCUT2D eigenvalue weighted by Gasteiger charge is -2.10. The largest absolute Gasteiger partial charge is 0.396 e. The van der Waals surface area contributed by atoms with Crippen LogP contribution < -0.4 is 5.32 Å². The average Bonchev–Trinajstić information content (AvgIpc) is 2.11. The monoisotopic (exact) mass is 173 g/mol. The highest BCUT2D eigenvalue weighted by Crippen LogP contribution is 1.94. The highest BCUT2D eigenvalue weighted by Gasteiger charge is 2.03. The molecule has 0 rings (SSSR count). The Hall–Kier alpha value is -0.410. The Morgan fingerprint density at radius 1 is 1.50 bits per heavy atom. The van der Waals surface area contributed by atoms with E-state index in [2.05, 4.69) is 12.2 Å². The molecule has 0 aromatic heterocycles. The van der Waals surface area contributed by atoms with Crippen LogP contribution in [0.15, 0.2) is 0 Å². The van der Waals surface area contributed by atoms with Crippen LogP contribution in [0.25, 0.3) is 0 Å². The Balaban J connectivity index is 3.32. The van der Waals surface area contributed by atoms with Gasteiger partial charge in [0.15, 0.2) is 0 Å². The molecule has 1 unspecified atom stereocenters. The van der Waals surface area contributed by atoms with Gasteiger partial charge in [-0.05, 0) is 25.8 Å². The van der Waals surface area contributed by atoms with Gasteiger partial charge < -0.3 is 15.2 Å². The molecule has 0 aliphatic rings. The fourth-order valence-corrected chi connectivity index (χ4v) is 0.994. The van der Waals surface area contributed by atoms with E-state index in [1.54, 1.807) is 0 Å². The van der Waals surface area contributed by atoms with E-state index in [0.717, 1.165) is 32.1 Å². The predicted molar refractivity (Wildman–Crippen MR) is 49.1 cm³/mol. The smallest absolute Gasteiger partial charge is 0.136 e. The van der Waals surface area contributed by atoms with Crippen molar-refractivity contribution >= 4 is 6.29 Å². The molecule has 72 valence electrons. The van der Waals surface area contributed by atoms with E-state index < -0.39 is 0 Å². The van der Waals surface area contributed by atoms with Crippen LogP contribution in [0.1, 0.15) is 32.6 Å². The summed E-state index contributed by atoms with van der Waals surface area (Å²) >= 11 is 0. The van der Waals surface area contributed by atoms with Crippen LogP contribution in [-0.4, -0.2) is 30.6 Å². The molecule has 3 nitrogen and oxygen atoms in total. The number of aliphatic hydroxyl groups excluding tert-OH is 1. The van der Waals surface area contributed by atoms with Crippen molar-refractivity contribution in [2.75, 3.05) is 13.2 Å². The highest BCUT2D eigenvalue weighted by atomic mass is 16.2. The molecule has 0 bridgehead atoms. The molecule has 0 saturated heterocycles. The molecular formula is C9H19NO2. The van der Waals surface area contributed by atoms with Gasteiger partial charge in [0.1, 0.15) is 6.29 Å². The zero-order valence-electron chi connectivity index (χ0n) is 7.75. The van der Waals surface area contributed by atoms with Crippen molar-refractivity contribution in [3.8, 4) is 0 Å². The first-order valence-corrected chi connectivity index (χ1v) is 4.64. The van der Waals surface area contributed by atoms with Gasteiger partial charge >= 0.3 is 0 Å². The fourth-order valence-electron chi connectivity index (χ4n) is 0.994. The first-order valence-electron chi connectivity index (χ1n) is 4.64. The first kappa shape index (κ1) is 11.6. The summed E-state index contributed by atoms with van der Waals surface area (Å²) in [5.41, 5.74) is 0. The minimum Gasteiger partial charge on any atom is -0.396 e. The lowest BCUT2D eigenvalue weighted by Crippen LogP contribution is -2.31. The molecule has 0 aliphatic carbocycles. The number of nitrogens with one attached hydrogen (secondary N) is 1. The number of hydrogen-bond donors (Lipinski definition) is 2. The van der Waals surface area contributed by atoms with Crippen molar-refractivity contribution in [1.29, 1.82) is 0 Å². The van der Waals surface area contributed by atoms with Crippen molar-refractivity contribution in [1.82, 2.24) is 5.32 Å². The second-order valence-electron chi connectivity index (χ2n) is 2.92. The lowest BCUT2D eigenvalue weighted by molar-refractivity contribution is -0.109. The summed E-state index contributed by atoms with van der Waals surface area (Å²) in [6.07, 6.45) is 4.60. The van der Waals surface area contributed by atoms with Crippen molar-refractivity contribution < 1.29 is 9.90 Å². The Kier molecular flexibility index (Phi) is 8.39. The van der Waals surface area contributed by atoms with Crippen molar-refractivity contribution in [2.24, 2.45) is 0 Å². The molecular weight excluding hydrogens is 154 g/mol. The third kappa shape index (κ3) is 6.31. The van der Waals surface area contributed by atoms with Crippen LogP contribution in [0.5, 0.6) is 0 Å². The Labute approximate surface area is 74.2 Å². The summed E-state index contributed by atoms with van der Waals surface area (Å²) in [6, 6.07) is -0.0660. The number of hydrogen-bond acceptors (Lipinski definition) is 3. The minimum absolute atomic E-state index is 0.0660. The maximum absolute atomic E-state index is 10.5. The van der Waals surface area contributed by atoms with Gasteiger partial charge in [0.05, 0.1) is 6.04 Å². The van der Waals surface area contributed by atoms with Crippen LogP contribution >= 0.6 is 0 Å². The maximum Gasteiger partial charge on any atom is 0.136 e. The van der Waals surface area contributed by atoms with E-state index in [0.29, 0.717) is 6.42 Å². The zero-order chi connectivity index (χ0) is 9.23. The Morgan fingerprint density at radius 2 is 2.25 bits per heavy atom. The van der Waals surface area contributed by atoms with Gasteiger partial charge in [-0.3, -0.25) is 0 Å². The number of aldehydes is 1. The standard InChI is InChI=1S/C9H19NO2/c1-2-3-6-10-9(8-12)5-4-7-11/h8-11H,2-7H2,1H3. The summed E-state index contributed by atoms with van der Waals surface area (Å²) in [5.74, 6) is 0. The molecule has 0 heterocycles. The van der Waals surface area contributed by atoms with Crippen molar-refractivity contribution in [2.45, 2.75) is 38.6 Å². The minimum atomic E-state index is -0.0660. The van der Waals surface area contributed by atoms with Crippen LogP contribution in [0, 0.1) is 0 Å². The van der Waals surface area contributed by atoms with Gasteiger partial charge in [-0.15, -0.1) is 0 Å². The number of unbranched alkanes of at least 4 members (excludes halogenated alkanes) is 1. The SMILES string of the molecule is CCCCNC(C=O)CCCO. The number of carbonyl (C=O) groups excluding carboxylic acids is 1. The Morgan fingerprint density at radius 3 is 2.75 bits per heavy atom. The van der Waals surface area contributed by atoms with E-state index in [-0.39, 0.29) is 12.6 Å². The van der Waals surface area contributed by atoms with Gasteiger partial charge in [0.2, 0.25) is 0 Å². The summed E-state index contributed by atoms with van der Waals surface area (Å²) < 4.78 is 0. The molecule has 0 fully saturated rings. The van der Waals surface area contributed by atoms with E-state index >= 15 is 0 Å². The van der Waals surface area contributed by atoms with E-state index in [4.69, 9.17) is 5.11 Å². The summed E-state index contributed by atoms with van der Waals surface area (Å²) in [5, 5.41) is 11.7. The number of carbonyl (C=O) groups is 1. The summed E-state index contributed by atoms with van der Waals surface area (Å²) in [4.78, 5) is 10.5. The molecule has 0 aromatic carbocycles. The molecule has 0 saturated carbocycles. The quantitative estimate of drug-likeness (QED) is 0.420. The van der Waals surface area contributed by atoms with Gasteiger partial charge in [-0.25, -0.2) is 0 Å². The molecule has 2 N–H and O–H groups in total. The van der Waals surface area contributed by atoms with Gasteiger partial charge in [-0.2, -0.15) is 0 Å². The third-order valence-corrected chi connectivity index (χ3v) is 1.77. The van der Waals surface area contributed by atoms with E-state index in [1.165, 1.54) is 0 Å². The fraction of sp³-hybridized carbons (Fsp3) is 0.889. The van der Waals surface area contributed by atoms with E-state index in [1.807, 2.05) is 0 Å². The molecule has 0 radical (unpaired) electrons. The topological polar surface area (TPSA) is 49.3 Å². The molecule has 0 spiro atoms. The van der Waals surface area contributed by atoms with Gasteiger partial charge in [0.25, 0.3) is 0 Å². The van der Waals surface area contributed by atoms with Gasteiger partial charge in [0, 0.05) is 6.61 Å². The first-order chi connectivity index (χ1) is 5.85. The Bertz CT molecular complexity index is 107. The second kappa shape index (κ2) is 8.68. The van der Waals surface area contributed by atoms with Crippen LogP contribution in [0.3, 0.4) is 0 Å². The molecule has 12 heavy (non-hydrogen) atoms. The normalized spacial score (nSPS) is 12.8. The van der Waals surface area contributed by atoms with Crippen molar-refractivity contribution in [3.63, 3.8) is 0 Å². The summed E-state index contributed by atoms with van der Waals surface area (Å²) in [7, 11) is 0. The van der Waals surface area contributed by atoms with Crippen molar-refractivity contribution in [3.05, 3.63) is 0 Å². The molecule has 1 atom stereocenters. The lowest BCUT2D eigenvalue weighted by atomic mass is 10.2. The third-order valence-electron chi connectivity index (χ3n) is 1.77. The van der Waals surface area contributed by atoms with Crippen LogP contribution in [0.4, 0.5) is 0 Å². The predicted octanol–water partition coefficient (Wildman–Crippen LogP) is 0.716. The zero-order valence-corrected chi connectivity index (χ0v) is 7.75. The molecule has 0 aromatic rings.